The highest BCUT2D eigenvalue weighted by molar-refractivity contribution is 7.92. The number of rotatable bonds is 9. The van der Waals surface area contributed by atoms with E-state index in [0.717, 1.165) is 0 Å². The Morgan fingerprint density at radius 1 is 0.974 bits per heavy atom. The average molecular weight is 613 g/mol. The number of piperidine rings is 1. The van der Waals surface area contributed by atoms with Crippen molar-refractivity contribution in [3.63, 3.8) is 0 Å². The van der Waals surface area contributed by atoms with Crippen LogP contribution in [0.3, 0.4) is 0 Å². The van der Waals surface area contributed by atoms with E-state index in [1.807, 2.05) is 0 Å². The topological polar surface area (TPSA) is 122 Å². The van der Waals surface area contributed by atoms with Crippen molar-refractivity contribution < 1.29 is 26.4 Å². The van der Waals surface area contributed by atoms with Crippen molar-refractivity contribution in [1.82, 2.24) is 4.31 Å². The molecule has 3 aromatic carbocycles. The minimum Gasteiger partial charge on any atom is -0.497 e. The second-order valence-corrected chi connectivity index (χ2v) is 13.5. The zero-order valence-electron chi connectivity index (χ0n) is 20.9. The lowest BCUT2D eigenvalue weighted by Gasteiger charge is -2.31. The maximum Gasteiger partial charge on any atom is 0.261 e. The highest BCUT2D eigenvalue weighted by Crippen LogP contribution is 2.27. The summed E-state index contributed by atoms with van der Waals surface area (Å²) in [6, 6.07) is 16.8. The van der Waals surface area contributed by atoms with Gasteiger partial charge < -0.3 is 10.1 Å². The minimum absolute atomic E-state index is 0.0205. The lowest BCUT2D eigenvalue weighted by Crippen LogP contribution is -2.44. The van der Waals surface area contributed by atoms with Crippen LogP contribution in [0.15, 0.2) is 71.6 Å². The Balaban J connectivity index is 1.37. The highest BCUT2D eigenvalue weighted by atomic mass is 35.5. The highest BCUT2D eigenvalue weighted by Gasteiger charge is 2.33. The van der Waals surface area contributed by atoms with Crippen LogP contribution < -0.4 is 14.8 Å². The molecule has 0 radical (unpaired) electrons. The molecule has 4 rings (SSSR count). The van der Waals surface area contributed by atoms with Gasteiger partial charge in [0, 0.05) is 34.5 Å². The molecule has 3 aromatic rings. The third-order valence-corrected chi connectivity index (χ3v) is 10.1. The Hall–Kier alpha value is -2.83. The van der Waals surface area contributed by atoms with Gasteiger partial charge in [-0.25, -0.2) is 21.1 Å². The second-order valence-electron chi connectivity index (χ2n) is 9.04. The molecule has 1 amide bonds. The zero-order valence-corrected chi connectivity index (χ0v) is 24.1. The summed E-state index contributed by atoms with van der Waals surface area (Å²) < 4.78 is 60.4. The molecule has 1 heterocycles. The quantitative estimate of drug-likeness (QED) is 0.352. The van der Waals surface area contributed by atoms with Crippen molar-refractivity contribution in [2.45, 2.75) is 23.5 Å². The second kappa shape index (κ2) is 12.1. The Kier molecular flexibility index (Phi) is 9.07. The summed E-state index contributed by atoms with van der Waals surface area (Å²) >= 11 is 12.1. The van der Waals surface area contributed by atoms with E-state index in [1.54, 1.807) is 36.4 Å². The summed E-state index contributed by atoms with van der Waals surface area (Å²) in [6.45, 7) is 0.350. The molecule has 1 aliphatic rings. The Bertz CT molecular complexity index is 1550. The number of nitrogens with zero attached hydrogens (tertiary/aromatic N) is 1. The van der Waals surface area contributed by atoms with Crippen LogP contribution in [0.2, 0.25) is 10.0 Å². The van der Waals surface area contributed by atoms with Gasteiger partial charge >= 0.3 is 0 Å². The molecule has 9 nitrogen and oxygen atoms in total. The molecule has 0 aromatic heterocycles. The number of ether oxygens (including phenoxy) is 1. The smallest absolute Gasteiger partial charge is 0.261 e. The summed E-state index contributed by atoms with van der Waals surface area (Å²) in [7, 11) is -6.05. The first-order valence-electron chi connectivity index (χ1n) is 12.0. The van der Waals surface area contributed by atoms with Gasteiger partial charge in [0.15, 0.2) is 0 Å². The van der Waals surface area contributed by atoms with Crippen molar-refractivity contribution in [3.05, 3.63) is 82.3 Å². The number of hydrogen-bond acceptors (Lipinski definition) is 6. The zero-order chi connectivity index (χ0) is 28.2. The van der Waals surface area contributed by atoms with E-state index in [4.69, 9.17) is 27.9 Å². The van der Waals surface area contributed by atoms with E-state index in [2.05, 4.69) is 10.0 Å². The Labute approximate surface area is 238 Å². The molecule has 1 atom stereocenters. The number of halogens is 2. The predicted molar refractivity (Wildman–Crippen MR) is 152 cm³/mol. The van der Waals surface area contributed by atoms with Gasteiger partial charge in [-0.15, -0.1) is 0 Å². The number of carbonyl (C=O) groups is 1. The van der Waals surface area contributed by atoms with E-state index < -0.39 is 26.0 Å². The summed E-state index contributed by atoms with van der Waals surface area (Å²) in [6.07, 6.45) is 1.05. The third-order valence-electron chi connectivity index (χ3n) is 6.28. The molecule has 1 saturated heterocycles. The van der Waals surface area contributed by atoms with Gasteiger partial charge in [-0.2, -0.15) is 0 Å². The first kappa shape index (κ1) is 29.2. The molecule has 0 spiro atoms. The average Bonchev–Trinajstić information content (AvgIpc) is 2.91. The number of amides is 1. The molecule has 208 valence electrons. The minimum atomic E-state index is -3.85. The van der Waals surface area contributed by atoms with Crippen LogP contribution in [0.25, 0.3) is 0 Å². The van der Waals surface area contributed by atoms with Crippen molar-refractivity contribution in [3.8, 4) is 5.75 Å². The summed E-state index contributed by atoms with van der Waals surface area (Å²) in [5, 5.41) is 3.44. The third kappa shape index (κ3) is 7.43. The van der Waals surface area contributed by atoms with Crippen molar-refractivity contribution in [1.29, 1.82) is 0 Å². The Morgan fingerprint density at radius 2 is 1.64 bits per heavy atom. The standard InChI is InChI=1S/C26H27Cl2N3O6S2/c1-37-23-10-6-22(7-11-23)30-39(35,36)24-12-8-21(9-13-24)29-26(32)18-3-2-14-31(16-18)38(33,34)17-19-4-5-20(27)15-25(19)28/h4-13,15,18,30H,2-3,14,16-17H2,1H3,(H,29,32)/t18-/m0/s1. The van der Waals surface area contributed by atoms with Crippen LogP contribution in [0.1, 0.15) is 18.4 Å². The van der Waals surface area contributed by atoms with Gasteiger partial charge in [-0.3, -0.25) is 9.52 Å². The number of nitrogens with one attached hydrogen (secondary N) is 2. The molecule has 2 N–H and O–H groups in total. The van der Waals surface area contributed by atoms with Crippen LogP contribution >= 0.6 is 23.2 Å². The first-order valence-corrected chi connectivity index (χ1v) is 15.8. The number of benzene rings is 3. The fourth-order valence-corrected chi connectivity index (χ4v) is 7.43. The van der Waals surface area contributed by atoms with E-state index >= 15 is 0 Å². The van der Waals surface area contributed by atoms with Crippen LogP contribution in [0.4, 0.5) is 11.4 Å². The molecular weight excluding hydrogens is 585 g/mol. The van der Waals surface area contributed by atoms with Crippen molar-refractivity contribution in [2.75, 3.05) is 30.2 Å². The number of methoxy groups -OCH3 is 1. The molecule has 13 heteroatoms. The summed E-state index contributed by atoms with van der Waals surface area (Å²) in [5.74, 6) is -0.596. The number of hydrogen-bond donors (Lipinski definition) is 2. The summed E-state index contributed by atoms with van der Waals surface area (Å²) in [4.78, 5) is 13.0. The molecule has 0 unspecified atom stereocenters. The van der Waals surface area contributed by atoms with Gasteiger partial charge in [0.05, 0.1) is 23.7 Å². The van der Waals surface area contributed by atoms with Crippen LogP contribution in [-0.2, 0) is 30.6 Å². The lowest BCUT2D eigenvalue weighted by atomic mass is 9.99. The number of carbonyl (C=O) groups excluding carboxylic acids is 1. The van der Waals surface area contributed by atoms with Crippen molar-refractivity contribution in [2.24, 2.45) is 5.92 Å². The number of anilines is 2. The monoisotopic (exact) mass is 611 g/mol. The van der Waals surface area contributed by atoms with Gasteiger partial charge in [0.25, 0.3) is 10.0 Å². The SMILES string of the molecule is COc1ccc(NS(=O)(=O)c2ccc(NC(=O)[C@H]3CCCN(S(=O)(=O)Cc4ccc(Cl)cc4Cl)C3)cc2)cc1. The lowest BCUT2D eigenvalue weighted by molar-refractivity contribution is -0.120. The van der Waals surface area contributed by atoms with Crippen molar-refractivity contribution >= 4 is 60.5 Å². The van der Waals surface area contributed by atoms with Crippen LogP contribution in [-0.4, -0.2) is 47.2 Å². The predicted octanol–water partition coefficient (Wildman–Crippen LogP) is 4.98. The maximum atomic E-state index is 13.0. The molecule has 39 heavy (non-hydrogen) atoms. The maximum absolute atomic E-state index is 13.0. The molecule has 0 bridgehead atoms. The van der Waals surface area contributed by atoms with Gasteiger partial charge in [0.1, 0.15) is 5.75 Å². The molecular formula is C26H27Cl2N3O6S2. The first-order chi connectivity index (χ1) is 18.5. The van der Waals surface area contributed by atoms with E-state index in [-0.39, 0.29) is 28.1 Å². The van der Waals surface area contributed by atoms with E-state index in [9.17, 15) is 21.6 Å². The van der Waals surface area contributed by atoms with Gasteiger partial charge in [-0.05, 0) is 79.1 Å². The van der Waals surface area contributed by atoms with Gasteiger partial charge in [0.2, 0.25) is 15.9 Å². The van der Waals surface area contributed by atoms with E-state index in [1.165, 1.54) is 41.7 Å². The molecule has 0 aliphatic carbocycles. The molecule has 1 fully saturated rings. The number of sulfonamides is 2. The normalized spacial score (nSPS) is 16.4. The van der Waals surface area contributed by atoms with E-state index in [0.29, 0.717) is 47.1 Å². The fraction of sp³-hybridized carbons (Fsp3) is 0.269. The fourth-order valence-electron chi connectivity index (χ4n) is 4.17. The van der Waals surface area contributed by atoms with Gasteiger partial charge in [-0.1, -0.05) is 29.3 Å². The molecule has 1 aliphatic heterocycles. The van der Waals surface area contributed by atoms with Crippen LogP contribution in [0, 0.1) is 5.92 Å². The molecule has 0 saturated carbocycles. The largest absolute Gasteiger partial charge is 0.497 e. The Morgan fingerprint density at radius 3 is 2.28 bits per heavy atom. The summed E-state index contributed by atoms with van der Waals surface area (Å²) in [5.41, 5.74) is 1.21. The van der Waals surface area contributed by atoms with Crippen LogP contribution in [0.5, 0.6) is 5.75 Å².